The van der Waals surface area contributed by atoms with Gasteiger partial charge in [0.15, 0.2) is 4.96 Å². The lowest BCUT2D eigenvalue weighted by Crippen LogP contribution is -2.29. The Morgan fingerprint density at radius 3 is 2.66 bits per heavy atom. The van der Waals surface area contributed by atoms with Crippen molar-refractivity contribution in [1.82, 2.24) is 19.5 Å². The van der Waals surface area contributed by atoms with Gasteiger partial charge >= 0.3 is 5.97 Å². The molecule has 0 atom stereocenters. The first kappa shape index (κ1) is 20.6. The summed E-state index contributed by atoms with van der Waals surface area (Å²) < 4.78 is 27.8. The first-order valence-corrected chi connectivity index (χ1v) is 10.7. The van der Waals surface area contributed by atoms with E-state index in [1.54, 1.807) is 13.1 Å². The van der Waals surface area contributed by atoms with Crippen LogP contribution in [-0.4, -0.2) is 47.0 Å². The molecule has 0 saturated carbocycles. The molecule has 0 aliphatic carbocycles. The molecule has 1 amide bonds. The first-order valence-electron chi connectivity index (χ1n) is 8.31. The molecule has 0 aliphatic rings. The van der Waals surface area contributed by atoms with E-state index < -0.39 is 22.5 Å². The van der Waals surface area contributed by atoms with Crippen molar-refractivity contribution in [2.45, 2.75) is 18.2 Å². The number of sulfonamides is 1. The standard InChI is InChI=1S/C17H17N5O5S2/c1-11(12-2-4-14(5-3-12)29(26,27)18-9-16(24)25)20-21-15(23)8-13-10-22-6-7-28-17(22)19-13/h2-7,10,18H,8-9H2,1H3,(H,21,23)(H,24,25)/b20-11-. The summed E-state index contributed by atoms with van der Waals surface area (Å²) >= 11 is 1.47. The van der Waals surface area contributed by atoms with E-state index in [2.05, 4.69) is 15.5 Å². The number of hydrogen-bond acceptors (Lipinski definition) is 7. The highest BCUT2D eigenvalue weighted by atomic mass is 32.2. The van der Waals surface area contributed by atoms with Crippen LogP contribution in [-0.2, 0) is 26.0 Å². The minimum absolute atomic E-state index is 0.0703. The smallest absolute Gasteiger partial charge is 0.318 e. The molecule has 0 bridgehead atoms. The lowest BCUT2D eigenvalue weighted by atomic mass is 10.1. The Balaban J connectivity index is 1.61. The number of nitrogens with one attached hydrogen (secondary N) is 2. The van der Waals surface area contributed by atoms with E-state index in [1.807, 2.05) is 20.7 Å². The summed E-state index contributed by atoms with van der Waals surface area (Å²) in [5.41, 5.74) is 4.16. The molecule has 2 heterocycles. The van der Waals surface area contributed by atoms with Crippen LogP contribution < -0.4 is 10.1 Å². The molecule has 3 N–H and O–H groups in total. The van der Waals surface area contributed by atoms with E-state index in [0.29, 0.717) is 17.0 Å². The third-order valence-electron chi connectivity index (χ3n) is 3.83. The van der Waals surface area contributed by atoms with Gasteiger partial charge in [0.2, 0.25) is 15.9 Å². The van der Waals surface area contributed by atoms with E-state index in [4.69, 9.17) is 5.11 Å². The first-order chi connectivity index (χ1) is 13.7. The Kier molecular flexibility index (Phi) is 6.06. The number of carbonyl (C=O) groups is 2. The lowest BCUT2D eigenvalue weighted by Gasteiger charge is -2.06. The number of nitrogens with zero attached hydrogens (tertiary/aromatic N) is 3. The second-order valence-corrected chi connectivity index (χ2v) is 8.62. The van der Waals surface area contributed by atoms with E-state index in [1.165, 1.54) is 35.6 Å². The fourth-order valence-electron chi connectivity index (χ4n) is 2.39. The number of aliphatic carboxylic acids is 1. The van der Waals surface area contributed by atoms with Gasteiger partial charge in [0.25, 0.3) is 0 Å². The zero-order valence-electron chi connectivity index (χ0n) is 15.2. The maximum absolute atomic E-state index is 12.1. The summed E-state index contributed by atoms with van der Waals surface area (Å²) in [7, 11) is -3.91. The number of rotatable bonds is 8. The van der Waals surface area contributed by atoms with Gasteiger partial charge in [0, 0.05) is 17.8 Å². The zero-order chi connectivity index (χ0) is 21.0. The monoisotopic (exact) mass is 435 g/mol. The Labute approximate surface area is 169 Å². The Hall–Kier alpha value is -3.09. The molecule has 1 aromatic carbocycles. The number of benzene rings is 1. The quantitative estimate of drug-likeness (QED) is 0.354. The number of aromatic nitrogens is 2. The molecular formula is C17H17N5O5S2. The minimum Gasteiger partial charge on any atom is -0.480 e. The summed E-state index contributed by atoms with van der Waals surface area (Å²) in [6.07, 6.45) is 3.72. The van der Waals surface area contributed by atoms with Gasteiger partial charge in [-0.1, -0.05) is 12.1 Å². The van der Waals surface area contributed by atoms with Crippen molar-refractivity contribution in [2.24, 2.45) is 5.10 Å². The summed E-state index contributed by atoms with van der Waals surface area (Å²) in [5, 5.41) is 14.5. The fraction of sp³-hybridized carbons (Fsp3) is 0.176. The lowest BCUT2D eigenvalue weighted by molar-refractivity contribution is -0.135. The van der Waals surface area contributed by atoms with E-state index in [9.17, 15) is 18.0 Å². The topological polar surface area (TPSA) is 142 Å². The third kappa shape index (κ3) is 5.25. The van der Waals surface area contributed by atoms with E-state index in [0.717, 1.165) is 4.96 Å². The predicted molar refractivity (Wildman–Crippen MR) is 106 cm³/mol. The van der Waals surface area contributed by atoms with Crippen LogP contribution in [0.5, 0.6) is 0 Å². The Morgan fingerprint density at radius 2 is 2.00 bits per heavy atom. The molecule has 0 fully saturated rings. The van der Waals surface area contributed by atoms with Crippen molar-refractivity contribution in [3.63, 3.8) is 0 Å². The van der Waals surface area contributed by atoms with Crippen LogP contribution in [0.2, 0.25) is 0 Å². The van der Waals surface area contributed by atoms with Crippen LogP contribution in [0.3, 0.4) is 0 Å². The van der Waals surface area contributed by atoms with Crippen LogP contribution in [0.4, 0.5) is 0 Å². The molecule has 12 heteroatoms. The van der Waals surface area contributed by atoms with Crippen molar-refractivity contribution in [2.75, 3.05) is 6.54 Å². The number of carbonyl (C=O) groups excluding carboxylic acids is 1. The van der Waals surface area contributed by atoms with Crippen molar-refractivity contribution in [3.8, 4) is 0 Å². The van der Waals surface area contributed by atoms with Gasteiger partial charge < -0.3 is 5.11 Å². The highest BCUT2D eigenvalue weighted by Gasteiger charge is 2.15. The number of carboxylic acids is 1. The van der Waals surface area contributed by atoms with Gasteiger partial charge in [-0.25, -0.2) is 18.8 Å². The normalized spacial score (nSPS) is 12.2. The summed E-state index contributed by atoms with van der Waals surface area (Å²) in [5.74, 6) is -1.61. The second-order valence-electron chi connectivity index (χ2n) is 5.98. The Morgan fingerprint density at radius 1 is 1.28 bits per heavy atom. The minimum atomic E-state index is -3.91. The summed E-state index contributed by atoms with van der Waals surface area (Å²) in [4.78, 5) is 27.6. The van der Waals surface area contributed by atoms with Gasteiger partial charge in [-0.3, -0.25) is 14.0 Å². The van der Waals surface area contributed by atoms with Gasteiger partial charge in [-0.05, 0) is 24.6 Å². The molecule has 2 aromatic heterocycles. The van der Waals surface area contributed by atoms with Gasteiger partial charge in [0.1, 0.15) is 6.54 Å². The number of imidazole rings is 1. The largest absolute Gasteiger partial charge is 0.480 e. The van der Waals surface area contributed by atoms with E-state index >= 15 is 0 Å². The van der Waals surface area contributed by atoms with Gasteiger partial charge in [0.05, 0.1) is 22.7 Å². The molecule has 0 saturated heterocycles. The van der Waals surface area contributed by atoms with Crippen molar-refractivity contribution < 1.29 is 23.1 Å². The highest BCUT2D eigenvalue weighted by molar-refractivity contribution is 7.89. The number of thiazole rings is 1. The summed E-state index contributed by atoms with van der Waals surface area (Å²) in [6.45, 7) is 0.963. The molecule has 3 rings (SSSR count). The fourth-order valence-corrected chi connectivity index (χ4v) is 4.08. The maximum Gasteiger partial charge on any atom is 0.318 e. The van der Waals surface area contributed by atoms with Crippen LogP contribution in [0.1, 0.15) is 18.2 Å². The van der Waals surface area contributed by atoms with Crippen molar-refractivity contribution >= 4 is 43.9 Å². The molecule has 10 nitrogen and oxygen atoms in total. The molecule has 0 aliphatic heterocycles. The molecule has 0 spiro atoms. The molecule has 0 radical (unpaired) electrons. The average Bonchev–Trinajstić information content (AvgIpc) is 3.26. The Bertz CT molecular complexity index is 1150. The van der Waals surface area contributed by atoms with Gasteiger partial charge in [-0.2, -0.15) is 9.82 Å². The van der Waals surface area contributed by atoms with Crippen molar-refractivity contribution in [1.29, 1.82) is 0 Å². The number of carboxylic acid groups (broad SMARTS) is 1. The number of hydrazone groups is 1. The summed E-state index contributed by atoms with van der Waals surface area (Å²) in [6, 6.07) is 5.70. The molecule has 152 valence electrons. The van der Waals surface area contributed by atoms with Crippen molar-refractivity contribution in [3.05, 3.63) is 53.3 Å². The number of hydrogen-bond donors (Lipinski definition) is 3. The zero-order valence-corrected chi connectivity index (χ0v) is 16.8. The predicted octanol–water partition coefficient (Wildman–Crippen LogP) is 0.842. The third-order valence-corrected chi connectivity index (χ3v) is 6.02. The van der Waals surface area contributed by atoms with Gasteiger partial charge in [-0.15, -0.1) is 11.3 Å². The average molecular weight is 435 g/mol. The second kappa shape index (κ2) is 8.51. The van der Waals surface area contributed by atoms with Crippen LogP contribution in [0, 0.1) is 0 Å². The molecule has 3 aromatic rings. The van der Waals surface area contributed by atoms with Crippen LogP contribution >= 0.6 is 11.3 Å². The van der Waals surface area contributed by atoms with E-state index in [-0.39, 0.29) is 17.2 Å². The molecular weight excluding hydrogens is 418 g/mol. The SMILES string of the molecule is C/C(=N/NC(=O)Cc1cn2ccsc2n1)c1ccc(S(=O)(=O)NCC(=O)O)cc1. The maximum atomic E-state index is 12.1. The van der Waals surface area contributed by atoms with Crippen LogP contribution in [0.15, 0.2) is 52.0 Å². The molecule has 29 heavy (non-hydrogen) atoms. The van der Waals surface area contributed by atoms with Crippen LogP contribution in [0.25, 0.3) is 4.96 Å². The number of fused-ring (bicyclic) bond motifs is 1. The number of amides is 1. The highest BCUT2D eigenvalue weighted by Crippen LogP contribution is 2.12. The molecule has 0 unspecified atom stereocenters.